The minimum absolute atomic E-state index is 0.0376. The zero-order valence-corrected chi connectivity index (χ0v) is 65.0. The Labute approximate surface area is 625 Å². The van der Waals surface area contributed by atoms with Crippen LogP contribution in [0.2, 0.25) is 5.02 Å². The van der Waals surface area contributed by atoms with E-state index in [1.165, 1.54) is 59.1 Å². The predicted molar refractivity (Wildman–Crippen MR) is 384 cm³/mol. The second kappa shape index (κ2) is 37.9. The molecule has 2 aliphatic carbocycles. The summed E-state index contributed by atoms with van der Waals surface area (Å²) in [6, 6.07) is -7.32. The molecule has 26 nitrogen and oxygen atoms in total. The van der Waals surface area contributed by atoms with Gasteiger partial charge in [0.25, 0.3) is 5.92 Å². The molecule has 0 unspecified atom stereocenters. The van der Waals surface area contributed by atoms with Crippen molar-refractivity contribution in [2.24, 2.45) is 23.7 Å². The quantitative estimate of drug-likeness (QED) is 0.203. The Hall–Kier alpha value is -7.73. The number of alkyl halides is 5. The van der Waals surface area contributed by atoms with E-state index in [-0.39, 0.29) is 49.5 Å². The molecule has 5 aliphatic rings. The first kappa shape index (κ1) is 87.2. The Morgan fingerprint density at radius 3 is 1.75 bits per heavy atom. The molecule has 3 saturated heterocycles. The van der Waals surface area contributed by atoms with E-state index in [0.29, 0.717) is 51.6 Å². The number of likely N-dealkylation sites (tertiary alicyclic amines) is 2. The van der Waals surface area contributed by atoms with Gasteiger partial charge in [-0.15, -0.1) is 0 Å². The number of nitrogens with one attached hydrogen (secondary N) is 3. The average molecular weight is 1520 g/mol. The lowest BCUT2D eigenvalue weighted by atomic mass is 9.74. The largest absolute Gasteiger partial charge is 0.417 e. The highest BCUT2D eigenvalue weighted by Crippen LogP contribution is 2.38. The van der Waals surface area contributed by atoms with Crippen LogP contribution in [0.1, 0.15) is 175 Å². The first-order chi connectivity index (χ1) is 49.5. The second-order valence-corrected chi connectivity index (χ2v) is 31.3. The lowest BCUT2D eigenvalue weighted by Gasteiger charge is -2.47. The van der Waals surface area contributed by atoms with Crippen LogP contribution < -0.4 is 16.0 Å². The topological polar surface area (TPSA) is 290 Å². The minimum atomic E-state index is -4.84. The van der Waals surface area contributed by atoms with Crippen molar-refractivity contribution in [1.82, 2.24) is 64.9 Å². The van der Waals surface area contributed by atoms with Gasteiger partial charge in [-0.05, 0) is 106 Å². The molecular weight excluding hydrogens is 1410 g/mol. The van der Waals surface area contributed by atoms with Crippen molar-refractivity contribution in [2.45, 2.75) is 230 Å². The molecule has 1 spiro atoms. The van der Waals surface area contributed by atoms with E-state index >= 15 is 24.0 Å². The van der Waals surface area contributed by atoms with Crippen molar-refractivity contribution in [3.63, 3.8) is 0 Å². The highest BCUT2D eigenvalue weighted by Gasteiger charge is 2.52. The van der Waals surface area contributed by atoms with Gasteiger partial charge in [0.2, 0.25) is 76.8 Å². The maximum Gasteiger partial charge on any atom is 0.417 e. The van der Waals surface area contributed by atoms with E-state index in [9.17, 15) is 60.3 Å². The number of rotatable bonds is 13. The van der Waals surface area contributed by atoms with Crippen molar-refractivity contribution in [2.75, 3.05) is 102 Å². The molecule has 6 rings (SSSR count). The van der Waals surface area contributed by atoms with E-state index in [1.54, 1.807) is 32.6 Å². The number of aryl methyl sites for hydroxylation is 1. The van der Waals surface area contributed by atoms with Crippen LogP contribution in [-0.4, -0.2) is 282 Å². The maximum atomic E-state index is 15.5. The van der Waals surface area contributed by atoms with Crippen LogP contribution in [0.25, 0.3) is 0 Å². The van der Waals surface area contributed by atoms with Crippen molar-refractivity contribution in [3.05, 3.63) is 34.3 Å². The van der Waals surface area contributed by atoms with Crippen LogP contribution in [0.15, 0.2) is 18.2 Å². The second-order valence-electron chi connectivity index (χ2n) is 30.9. The highest BCUT2D eigenvalue weighted by atomic mass is 35.5. The Kier molecular flexibility index (Phi) is 31.2. The van der Waals surface area contributed by atoms with Crippen molar-refractivity contribution in [3.8, 4) is 0 Å². The zero-order valence-electron chi connectivity index (χ0n) is 64.2. The van der Waals surface area contributed by atoms with Gasteiger partial charge in [-0.25, -0.2) is 8.78 Å². The number of amides is 13. The van der Waals surface area contributed by atoms with Gasteiger partial charge in [-0.1, -0.05) is 97.7 Å². The van der Waals surface area contributed by atoms with Crippen molar-refractivity contribution in [1.29, 1.82) is 0 Å². The summed E-state index contributed by atoms with van der Waals surface area (Å²) < 4.78 is 71.1. The van der Waals surface area contributed by atoms with Gasteiger partial charge in [-0.3, -0.25) is 62.3 Å². The van der Waals surface area contributed by atoms with Gasteiger partial charge in [0.05, 0.1) is 43.1 Å². The number of halogens is 6. The Morgan fingerprint density at radius 2 is 1.19 bits per heavy atom. The first-order valence-corrected chi connectivity index (χ1v) is 37.7. The van der Waals surface area contributed by atoms with Gasteiger partial charge in [0.1, 0.15) is 47.8 Å². The minimum Gasteiger partial charge on any atom is -0.343 e. The first-order valence-electron chi connectivity index (χ1n) is 37.3. The van der Waals surface area contributed by atoms with Crippen molar-refractivity contribution >= 4 is 88.4 Å². The maximum absolute atomic E-state index is 15.5. The standard InChI is InChI=1S/C74H113ClF5N13O13/c1-15-47(6)62-69(104)86(9)43-60(97)84(7)44-61(98)88(11)55(39-48-23-18-16-19-24-48)67(102)85(8)42-57(94)81-52(28-26-49-25-27-50(51(75)38-49)74(78,79)80)66(101)89(12)54(40-59(96)92-35-31-73(76,77)32-36-92)65(100)83-72(29-22-30-72)71(106)91(14)63(46(4)5)70(105)90(13)56(68(103)93-33-20-17-21-34-93)41-58(95)87(10)53(37-45(2)3)64(99)82-62/h25,27,38,45-48,52-56,62-63H,15-24,26,28-37,39-44H2,1-14H3,(H,81,94)(H,82,99)(H,83,100)/t47-,52-,53-,54-,55-,56-,62-,63-/m0/s1. The number of likely N-dealkylation sites (N-methyl/N-ethyl adjacent to an activating group) is 8. The van der Waals surface area contributed by atoms with Crippen LogP contribution in [-0.2, 0) is 74.9 Å². The molecule has 0 radical (unpaired) electrons. The fraction of sp³-hybridized carbons (Fsp3) is 0.743. The summed E-state index contributed by atoms with van der Waals surface area (Å²) in [4.78, 5) is 205. The molecule has 1 aromatic carbocycles. The number of piperidine rings is 2. The zero-order chi connectivity index (χ0) is 79.2. The molecule has 8 atom stereocenters. The molecule has 1 aromatic rings. The van der Waals surface area contributed by atoms with E-state index in [4.69, 9.17) is 11.6 Å². The third-order valence-electron chi connectivity index (χ3n) is 22.1. The van der Waals surface area contributed by atoms with E-state index in [0.717, 1.165) is 85.2 Å². The van der Waals surface area contributed by atoms with Gasteiger partial charge in [0.15, 0.2) is 0 Å². The molecule has 0 bridgehead atoms. The summed E-state index contributed by atoms with van der Waals surface area (Å²) >= 11 is 6.15. The van der Waals surface area contributed by atoms with E-state index in [1.807, 2.05) is 13.8 Å². The molecule has 0 aromatic heterocycles. The van der Waals surface area contributed by atoms with Crippen molar-refractivity contribution < 1.29 is 84.3 Å². The lowest BCUT2D eigenvalue weighted by Crippen LogP contribution is -2.68. The van der Waals surface area contributed by atoms with Crippen LogP contribution in [0.3, 0.4) is 0 Å². The third kappa shape index (κ3) is 22.5. The lowest BCUT2D eigenvalue weighted by molar-refractivity contribution is -0.158. The fourth-order valence-electron chi connectivity index (χ4n) is 14.8. The molecule has 13 amide bonds. The SMILES string of the molecule is CC[C@H](C)[C@@H]1NC(=O)[C@H](CC(C)C)N(C)C(=O)C[C@@H](C(=O)N2CCCCC2)N(C)C(=O)[C@H](C(C)C)N(C)C(=O)C2(CCC2)NC(=O)[C@H](CC(=O)N2CCC(F)(F)CC2)N(C)C(=O)[C@H](CCc2ccc(C(F)(F)F)c(Cl)c2)NC(=O)CN(C)C(=O)[C@H](CC2CCCCC2)N(C)C(=O)CN(C)C(=O)CN(C)C1=O. The van der Waals surface area contributed by atoms with Gasteiger partial charge < -0.3 is 64.9 Å². The normalized spacial score (nSPS) is 25.8. The average Bonchev–Trinajstić information content (AvgIpc) is 0.763. The fourth-order valence-corrected chi connectivity index (χ4v) is 15.2. The predicted octanol–water partition coefficient (Wildman–Crippen LogP) is 5.59. The van der Waals surface area contributed by atoms with Crippen LogP contribution in [0, 0.1) is 23.7 Å². The number of benzene rings is 1. The van der Waals surface area contributed by atoms with E-state index in [2.05, 4.69) is 16.0 Å². The third-order valence-corrected chi connectivity index (χ3v) is 22.4. The van der Waals surface area contributed by atoms with Gasteiger partial charge in [-0.2, -0.15) is 13.2 Å². The smallest absolute Gasteiger partial charge is 0.343 e. The summed E-state index contributed by atoms with van der Waals surface area (Å²) in [5, 5.41) is 7.62. The summed E-state index contributed by atoms with van der Waals surface area (Å²) in [5.74, 6) is -15.0. The molecule has 5 fully saturated rings. The van der Waals surface area contributed by atoms with Crippen LogP contribution >= 0.6 is 11.6 Å². The summed E-state index contributed by atoms with van der Waals surface area (Å²) in [5.41, 5.74) is -2.82. The number of carbonyl (C=O) groups is 13. The number of nitrogens with zero attached hydrogens (tertiary/aromatic N) is 10. The summed E-state index contributed by atoms with van der Waals surface area (Å²) in [6.45, 7) is 8.31. The molecule has 3 aliphatic heterocycles. The van der Waals surface area contributed by atoms with Crippen LogP contribution in [0.5, 0.6) is 0 Å². The Bertz CT molecular complexity index is 3340. The van der Waals surface area contributed by atoms with Crippen LogP contribution in [0.4, 0.5) is 22.0 Å². The van der Waals surface area contributed by atoms with Gasteiger partial charge >= 0.3 is 6.18 Å². The number of hydrogen-bond acceptors (Lipinski definition) is 13. The molecular formula is C74H113ClF5N13O13. The Morgan fingerprint density at radius 1 is 0.604 bits per heavy atom. The highest BCUT2D eigenvalue weighted by molar-refractivity contribution is 6.31. The summed E-state index contributed by atoms with van der Waals surface area (Å²) in [6.07, 6.45) is -1.45. The molecule has 3 heterocycles. The summed E-state index contributed by atoms with van der Waals surface area (Å²) in [7, 11) is 10.6. The number of hydrogen-bond donors (Lipinski definition) is 3. The molecule has 3 N–H and O–H groups in total. The molecule has 2 saturated carbocycles. The number of carbonyl (C=O) groups excluding carboxylic acids is 13. The Balaban J connectivity index is 1.47. The molecule has 594 valence electrons. The monoisotopic (exact) mass is 1520 g/mol. The van der Waals surface area contributed by atoms with Gasteiger partial charge in [0, 0.05) is 95.4 Å². The molecule has 32 heteroatoms. The van der Waals surface area contributed by atoms with E-state index < -0.39 is 224 Å². The molecule has 106 heavy (non-hydrogen) atoms.